The van der Waals surface area contributed by atoms with E-state index >= 15 is 0 Å². The number of rotatable bonds is 4. The van der Waals surface area contributed by atoms with Gasteiger partial charge in [-0.3, -0.25) is 9.69 Å². The van der Waals surface area contributed by atoms with Crippen molar-refractivity contribution in [1.29, 1.82) is 0 Å². The first-order chi connectivity index (χ1) is 9.99. The third kappa shape index (κ3) is 3.71. The predicted octanol–water partition coefficient (Wildman–Crippen LogP) is 2.71. The van der Waals surface area contributed by atoms with E-state index in [0.29, 0.717) is 5.69 Å². The molecule has 2 amide bonds. The Hall–Kier alpha value is -2.11. The van der Waals surface area contributed by atoms with Crippen LogP contribution in [0.4, 0.5) is 14.9 Å². The summed E-state index contributed by atoms with van der Waals surface area (Å²) >= 11 is 0. The molecule has 2 rings (SSSR count). The Labute approximate surface area is 123 Å². The van der Waals surface area contributed by atoms with Crippen LogP contribution >= 0.6 is 0 Å². The third-order valence-electron chi connectivity index (χ3n) is 3.82. The lowest BCUT2D eigenvalue weighted by Gasteiger charge is -2.31. The van der Waals surface area contributed by atoms with Crippen molar-refractivity contribution in [3.63, 3.8) is 0 Å². The maximum atomic E-state index is 12.9. The summed E-state index contributed by atoms with van der Waals surface area (Å²) in [6.07, 6.45) is 3.68. The lowest BCUT2D eigenvalue weighted by Crippen LogP contribution is -2.48. The Kier molecular flexibility index (Phi) is 4.77. The van der Waals surface area contributed by atoms with Gasteiger partial charge < -0.3 is 10.0 Å². The average molecular weight is 294 g/mol. The normalized spacial score (nSPS) is 15.0. The summed E-state index contributed by atoms with van der Waals surface area (Å²) in [5.41, 5.74) is 0.537. The number of benzene rings is 1. The highest BCUT2D eigenvalue weighted by atomic mass is 19.1. The molecule has 0 aromatic heterocycles. The van der Waals surface area contributed by atoms with Crippen LogP contribution in [0.3, 0.4) is 0 Å². The molecule has 1 aromatic rings. The highest BCUT2D eigenvalue weighted by Crippen LogP contribution is 2.25. The molecule has 1 aliphatic carbocycles. The molecule has 114 valence electrons. The van der Waals surface area contributed by atoms with Gasteiger partial charge in [-0.1, -0.05) is 12.8 Å². The van der Waals surface area contributed by atoms with Crippen molar-refractivity contribution >= 4 is 17.7 Å². The molecule has 0 spiro atoms. The van der Waals surface area contributed by atoms with Gasteiger partial charge in [-0.25, -0.2) is 9.18 Å². The predicted molar refractivity (Wildman–Crippen MR) is 76.8 cm³/mol. The summed E-state index contributed by atoms with van der Waals surface area (Å²) in [6, 6.07) is 5.15. The van der Waals surface area contributed by atoms with Gasteiger partial charge in [-0.05, 0) is 37.1 Å². The van der Waals surface area contributed by atoms with Crippen molar-refractivity contribution in [3.8, 4) is 0 Å². The molecule has 0 unspecified atom stereocenters. The van der Waals surface area contributed by atoms with Crippen LogP contribution in [0.2, 0.25) is 0 Å². The summed E-state index contributed by atoms with van der Waals surface area (Å²) in [5.74, 6) is -1.40. The molecule has 0 aliphatic heterocycles. The Morgan fingerprint density at radius 3 is 2.33 bits per heavy atom. The highest BCUT2D eigenvalue weighted by molar-refractivity contribution is 5.93. The van der Waals surface area contributed by atoms with E-state index in [1.165, 1.54) is 34.1 Å². The fraction of sp³-hybridized carbons (Fsp3) is 0.467. The van der Waals surface area contributed by atoms with E-state index in [1.54, 1.807) is 7.05 Å². The smallest absolute Gasteiger partial charge is 0.324 e. The number of hydrogen-bond acceptors (Lipinski definition) is 2. The molecule has 21 heavy (non-hydrogen) atoms. The van der Waals surface area contributed by atoms with Gasteiger partial charge in [0.25, 0.3) is 0 Å². The second-order valence-electron chi connectivity index (χ2n) is 5.28. The standard InChI is InChI=1S/C15H19FN2O3/c1-17(12-8-6-11(16)7-9-12)15(21)18(10-14(19)20)13-4-2-3-5-13/h6-9,13H,2-5,10H2,1H3,(H,19,20). The molecule has 1 fully saturated rings. The molecule has 1 aromatic carbocycles. The van der Waals surface area contributed by atoms with E-state index in [2.05, 4.69) is 0 Å². The fourth-order valence-electron chi connectivity index (χ4n) is 2.68. The number of carbonyl (C=O) groups excluding carboxylic acids is 1. The van der Waals surface area contributed by atoms with Gasteiger partial charge in [0.15, 0.2) is 0 Å². The van der Waals surface area contributed by atoms with E-state index in [1.807, 2.05) is 0 Å². The average Bonchev–Trinajstić information content (AvgIpc) is 2.98. The SMILES string of the molecule is CN(C(=O)N(CC(=O)O)C1CCCC1)c1ccc(F)cc1. The zero-order valence-corrected chi connectivity index (χ0v) is 12.0. The van der Waals surface area contributed by atoms with E-state index in [9.17, 15) is 14.0 Å². The van der Waals surface area contributed by atoms with Crippen LogP contribution in [0, 0.1) is 5.82 Å². The van der Waals surface area contributed by atoms with E-state index in [4.69, 9.17) is 5.11 Å². The van der Waals surface area contributed by atoms with Crippen molar-refractivity contribution in [2.75, 3.05) is 18.5 Å². The monoisotopic (exact) mass is 294 g/mol. The van der Waals surface area contributed by atoms with Crippen molar-refractivity contribution < 1.29 is 19.1 Å². The zero-order chi connectivity index (χ0) is 15.4. The zero-order valence-electron chi connectivity index (χ0n) is 12.0. The van der Waals surface area contributed by atoms with Crippen molar-refractivity contribution in [2.45, 2.75) is 31.7 Å². The van der Waals surface area contributed by atoms with Crippen LogP contribution in [0.1, 0.15) is 25.7 Å². The summed E-state index contributed by atoms with van der Waals surface area (Å²) in [7, 11) is 1.57. The van der Waals surface area contributed by atoms with Crippen LogP contribution in [0.25, 0.3) is 0 Å². The number of carbonyl (C=O) groups is 2. The van der Waals surface area contributed by atoms with E-state index in [0.717, 1.165) is 25.7 Å². The molecule has 5 nitrogen and oxygen atoms in total. The van der Waals surface area contributed by atoms with E-state index in [-0.39, 0.29) is 24.4 Å². The van der Waals surface area contributed by atoms with Gasteiger partial charge in [0.1, 0.15) is 12.4 Å². The molecule has 1 aliphatic rings. The summed E-state index contributed by atoms with van der Waals surface area (Å²) in [5, 5.41) is 9.02. The van der Waals surface area contributed by atoms with Crippen LogP contribution in [0.5, 0.6) is 0 Å². The van der Waals surface area contributed by atoms with Gasteiger partial charge in [0.05, 0.1) is 0 Å². The fourth-order valence-corrected chi connectivity index (χ4v) is 2.68. The van der Waals surface area contributed by atoms with Gasteiger partial charge in [-0.2, -0.15) is 0 Å². The molecular weight excluding hydrogens is 275 g/mol. The van der Waals surface area contributed by atoms with E-state index < -0.39 is 5.97 Å². The molecule has 0 radical (unpaired) electrons. The molecule has 0 saturated heterocycles. The van der Waals surface area contributed by atoms with Crippen molar-refractivity contribution in [3.05, 3.63) is 30.1 Å². The summed E-state index contributed by atoms with van der Waals surface area (Å²) < 4.78 is 12.9. The molecular formula is C15H19FN2O3. The quantitative estimate of drug-likeness (QED) is 0.928. The molecule has 0 heterocycles. The lowest BCUT2D eigenvalue weighted by atomic mass is 10.2. The topological polar surface area (TPSA) is 60.9 Å². The number of carboxylic acids is 1. The van der Waals surface area contributed by atoms with Gasteiger partial charge in [0, 0.05) is 18.8 Å². The minimum Gasteiger partial charge on any atom is -0.480 e. The van der Waals surface area contributed by atoms with Crippen LogP contribution in [0.15, 0.2) is 24.3 Å². The number of anilines is 1. The third-order valence-corrected chi connectivity index (χ3v) is 3.82. The number of hydrogen-bond donors (Lipinski definition) is 1. The first kappa shape index (κ1) is 15.3. The minimum absolute atomic E-state index is 0.0310. The Balaban J connectivity index is 2.16. The van der Waals surface area contributed by atoms with Gasteiger partial charge in [-0.15, -0.1) is 0 Å². The Morgan fingerprint density at radius 1 is 1.24 bits per heavy atom. The molecule has 0 atom stereocenters. The number of carboxylic acid groups (broad SMARTS) is 1. The number of halogens is 1. The number of nitrogens with zero attached hydrogens (tertiary/aromatic N) is 2. The lowest BCUT2D eigenvalue weighted by molar-refractivity contribution is -0.138. The molecule has 0 bridgehead atoms. The molecule has 1 N–H and O–H groups in total. The van der Waals surface area contributed by atoms with Crippen LogP contribution < -0.4 is 4.90 Å². The summed E-state index contributed by atoms with van der Waals surface area (Å²) in [4.78, 5) is 26.3. The van der Waals surface area contributed by atoms with Crippen molar-refractivity contribution in [1.82, 2.24) is 4.90 Å². The Morgan fingerprint density at radius 2 is 1.81 bits per heavy atom. The summed E-state index contributed by atoms with van der Waals surface area (Å²) in [6.45, 7) is -0.310. The first-order valence-electron chi connectivity index (χ1n) is 7.00. The Bertz CT molecular complexity index is 512. The first-order valence-corrected chi connectivity index (χ1v) is 7.00. The minimum atomic E-state index is -1.03. The number of aliphatic carboxylic acids is 1. The molecule has 6 heteroatoms. The maximum absolute atomic E-state index is 12.9. The van der Waals surface area contributed by atoms with Crippen LogP contribution in [-0.2, 0) is 4.79 Å². The maximum Gasteiger partial charge on any atom is 0.324 e. The second-order valence-corrected chi connectivity index (χ2v) is 5.28. The number of urea groups is 1. The van der Waals surface area contributed by atoms with Crippen molar-refractivity contribution in [2.24, 2.45) is 0 Å². The number of amides is 2. The molecule has 1 saturated carbocycles. The van der Waals surface area contributed by atoms with Crippen LogP contribution in [-0.4, -0.2) is 41.6 Å². The highest BCUT2D eigenvalue weighted by Gasteiger charge is 2.30. The largest absolute Gasteiger partial charge is 0.480 e. The van der Waals surface area contributed by atoms with Gasteiger partial charge >= 0.3 is 12.0 Å². The second kappa shape index (κ2) is 6.56. The van der Waals surface area contributed by atoms with Gasteiger partial charge in [0.2, 0.25) is 0 Å².